The molecule has 0 spiro atoms. The van der Waals surface area contributed by atoms with Gasteiger partial charge in [-0.3, -0.25) is 10.1 Å². The largest absolute Gasteiger partial charge is 0.383 e. The highest BCUT2D eigenvalue weighted by atomic mass is 16.6. The molecule has 1 aliphatic carbocycles. The molecular formula is C14H18N4O3. The van der Waals surface area contributed by atoms with E-state index in [0.717, 1.165) is 18.2 Å². The molecule has 1 saturated carbocycles. The van der Waals surface area contributed by atoms with Crippen LogP contribution in [0.15, 0.2) is 16.8 Å². The minimum absolute atomic E-state index is 0.0805. The van der Waals surface area contributed by atoms with Crippen molar-refractivity contribution in [3.63, 3.8) is 0 Å². The van der Waals surface area contributed by atoms with E-state index in [1.54, 1.807) is 6.07 Å². The number of nitrogens with zero attached hydrogens (tertiary/aromatic N) is 3. The van der Waals surface area contributed by atoms with Gasteiger partial charge in [-0.25, -0.2) is 4.63 Å². The zero-order valence-corrected chi connectivity index (χ0v) is 11.9. The molecule has 0 amide bonds. The van der Waals surface area contributed by atoms with E-state index in [9.17, 15) is 10.1 Å². The molecular weight excluding hydrogens is 272 g/mol. The van der Waals surface area contributed by atoms with Crippen LogP contribution < -0.4 is 5.32 Å². The number of non-ortho nitro benzene ring substituents is 1. The Morgan fingerprint density at radius 1 is 1.38 bits per heavy atom. The van der Waals surface area contributed by atoms with Crippen LogP contribution in [0, 0.1) is 22.0 Å². The number of nitro groups is 1. The average molecular weight is 290 g/mol. The lowest BCUT2D eigenvalue weighted by Gasteiger charge is -2.27. The van der Waals surface area contributed by atoms with Crippen LogP contribution in [0.2, 0.25) is 0 Å². The van der Waals surface area contributed by atoms with Gasteiger partial charge < -0.3 is 5.32 Å². The van der Waals surface area contributed by atoms with Gasteiger partial charge in [-0.1, -0.05) is 19.8 Å². The zero-order valence-electron chi connectivity index (χ0n) is 11.9. The van der Waals surface area contributed by atoms with Crippen molar-refractivity contribution in [3.8, 4) is 0 Å². The fourth-order valence-corrected chi connectivity index (χ4v) is 3.14. The molecule has 2 aromatic rings. The predicted octanol–water partition coefficient (Wildman–Crippen LogP) is 3.37. The first-order valence-corrected chi connectivity index (χ1v) is 7.28. The molecule has 0 aliphatic heterocycles. The number of benzene rings is 1. The van der Waals surface area contributed by atoms with Crippen LogP contribution in [-0.2, 0) is 0 Å². The van der Waals surface area contributed by atoms with Gasteiger partial charge in [0.15, 0.2) is 5.52 Å². The summed E-state index contributed by atoms with van der Waals surface area (Å²) in [6, 6.07) is 3.12. The number of hydrogen-bond acceptors (Lipinski definition) is 6. The second-order valence-electron chi connectivity index (χ2n) is 5.87. The molecule has 7 nitrogen and oxygen atoms in total. The van der Waals surface area contributed by atoms with Crippen molar-refractivity contribution in [2.24, 2.45) is 11.8 Å². The average Bonchev–Trinajstić information content (AvgIpc) is 2.94. The molecule has 2 unspecified atom stereocenters. The second-order valence-corrected chi connectivity index (χ2v) is 5.87. The zero-order chi connectivity index (χ0) is 14.8. The molecule has 1 aromatic carbocycles. The lowest BCUT2D eigenvalue weighted by Crippen LogP contribution is -2.21. The Labute approximate surface area is 121 Å². The quantitative estimate of drug-likeness (QED) is 0.685. The molecule has 21 heavy (non-hydrogen) atoms. The van der Waals surface area contributed by atoms with Gasteiger partial charge in [-0.2, -0.15) is 0 Å². The van der Waals surface area contributed by atoms with Crippen molar-refractivity contribution in [1.82, 2.24) is 10.3 Å². The molecule has 1 fully saturated rings. The van der Waals surface area contributed by atoms with Crippen molar-refractivity contribution in [3.05, 3.63) is 22.2 Å². The third-order valence-electron chi connectivity index (χ3n) is 4.22. The maximum absolute atomic E-state index is 10.9. The molecule has 0 bridgehead atoms. The topological polar surface area (TPSA) is 94.1 Å². The molecule has 1 aliphatic rings. The summed E-state index contributed by atoms with van der Waals surface area (Å²) in [4.78, 5) is 10.5. The van der Waals surface area contributed by atoms with Crippen LogP contribution in [0.1, 0.15) is 32.6 Å². The molecule has 1 heterocycles. The van der Waals surface area contributed by atoms with Crippen molar-refractivity contribution < 1.29 is 9.55 Å². The summed E-state index contributed by atoms with van der Waals surface area (Å²) in [5, 5.41) is 21.7. The van der Waals surface area contributed by atoms with E-state index in [-0.39, 0.29) is 11.2 Å². The van der Waals surface area contributed by atoms with E-state index in [4.69, 9.17) is 0 Å². The molecule has 0 saturated heterocycles. The van der Waals surface area contributed by atoms with Crippen molar-refractivity contribution in [2.75, 3.05) is 11.9 Å². The summed E-state index contributed by atoms with van der Waals surface area (Å²) in [5.74, 6) is 1.41. The third-order valence-corrected chi connectivity index (χ3v) is 4.22. The minimum Gasteiger partial charge on any atom is -0.383 e. The lowest BCUT2D eigenvalue weighted by atomic mass is 9.82. The molecule has 7 heteroatoms. The number of fused-ring (bicyclic) bond motifs is 1. The lowest BCUT2D eigenvalue weighted by molar-refractivity contribution is -0.383. The second kappa shape index (κ2) is 5.67. The maximum atomic E-state index is 10.9. The first kappa shape index (κ1) is 13.8. The van der Waals surface area contributed by atoms with E-state index < -0.39 is 4.92 Å². The number of aromatic nitrogens is 2. The molecule has 112 valence electrons. The van der Waals surface area contributed by atoms with Gasteiger partial charge in [0.25, 0.3) is 0 Å². The normalized spacial score (nSPS) is 22.3. The summed E-state index contributed by atoms with van der Waals surface area (Å²) in [7, 11) is 0. The molecule has 1 aromatic heterocycles. The van der Waals surface area contributed by atoms with E-state index >= 15 is 0 Å². The Balaban J connectivity index is 1.77. The summed E-state index contributed by atoms with van der Waals surface area (Å²) in [6.45, 7) is 3.14. The Morgan fingerprint density at radius 3 is 2.95 bits per heavy atom. The van der Waals surface area contributed by atoms with Crippen LogP contribution in [0.25, 0.3) is 11.0 Å². The van der Waals surface area contributed by atoms with Gasteiger partial charge in [0.1, 0.15) is 0 Å². The Hall–Kier alpha value is -2.18. The summed E-state index contributed by atoms with van der Waals surface area (Å²) < 4.78 is 4.66. The maximum Gasteiger partial charge on any atom is 0.300 e. The van der Waals surface area contributed by atoms with Gasteiger partial charge in [0.05, 0.1) is 10.6 Å². The number of hydrogen-bond donors (Lipinski definition) is 1. The van der Waals surface area contributed by atoms with E-state index in [2.05, 4.69) is 27.2 Å². The summed E-state index contributed by atoms with van der Waals surface area (Å²) in [5.41, 5.74) is 1.29. The van der Waals surface area contributed by atoms with Crippen molar-refractivity contribution >= 4 is 22.4 Å². The fourth-order valence-electron chi connectivity index (χ4n) is 3.14. The van der Waals surface area contributed by atoms with Gasteiger partial charge in [0, 0.05) is 12.6 Å². The van der Waals surface area contributed by atoms with Gasteiger partial charge in [-0.05, 0) is 41.1 Å². The van der Waals surface area contributed by atoms with Crippen LogP contribution in [0.4, 0.5) is 11.4 Å². The number of nitro benzene ring substituents is 1. The Kier molecular flexibility index (Phi) is 3.72. The Morgan fingerprint density at radius 2 is 2.19 bits per heavy atom. The molecule has 0 radical (unpaired) electrons. The predicted molar refractivity (Wildman–Crippen MR) is 78.1 cm³/mol. The monoisotopic (exact) mass is 290 g/mol. The van der Waals surface area contributed by atoms with E-state index in [1.807, 2.05) is 0 Å². The highest BCUT2D eigenvalue weighted by Crippen LogP contribution is 2.31. The highest BCUT2D eigenvalue weighted by Gasteiger charge is 2.21. The third kappa shape index (κ3) is 2.81. The van der Waals surface area contributed by atoms with Crippen LogP contribution in [0.3, 0.4) is 0 Å². The first-order chi connectivity index (χ1) is 10.1. The summed E-state index contributed by atoms with van der Waals surface area (Å²) >= 11 is 0. The standard InChI is InChI=1S/C14H18N4O3/c1-9-3-2-4-10(7-9)8-15-11-5-6-12(18(19)20)14-13(11)16-21-17-14/h5-6,9-10,15H,2-4,7-8H2,1H3. The van der Waals surface area contributed by atoms with Crippen molar-refractivity contribution in [1.29, 1.82) is 0 Å². The number of rotatable bonds is 4. The molecule has 2 atom stereocenters. The SMILES string of the molecule is CC1CCCC(CNc2ccc([N+](=O)[O-])c3nonc23)C1. The smallest absolute Gasteiger partial charge is 0.300 e. The van der Waals surface area contributed by atoms with Gasteiger partial charge >= 0.3 is 5.69 Å². The van der Waals surface area contributed by atoms with Crippen molar-refractivity contribution in [2.45, 2.75) is 32.6 Å². The van der Waals surface area contributed by atoms with E-state index in [0.29, 0.717) is 11.4 Å². The van der Waals surface area contributed by atoms with Gasteiger partial charge in [-0.15, -0.1) is 0 Å². The highest BCUT2D eigenvalue weighted by molar-refractivity contribution is 5.93. The Bertz CT molecular complexity index is 655. The van der Waals surface area contributed by atoms with Crippen LogP contribution in [-0.4, -0.2) is 21.8 Å². The van der Waals surface area contributed by atoms with Crippen LogP contribution >= 0.6 is 0 Å². The molecule has 3 rings (SSSR count). The number of anilines is 1. The number of nitrogens with one attached hydrogen (secondary N) is 1. The van der Waals surface area contributed by atoms with Gasteiger partial charge in [0.2, 0.25) is 5.52 Å². The van der Waals surface area contributed by atoms with Crippen LogP contribution in [0.5, 0.6) is 0 Å². The fraction of sp³-hybridized carbons (Fsp3) is 0.571. The van der Waals surface area contributed by atoms with E-state index in [1.165, 1.54) is 31.7 Å². The minimum atomic E-state index is -0.473. The summed E-state index contributed by atoms with van der Waals surface area (Å²) in [6.07, 6.45) is 5.03. The first-order valence-electron chi connectivity index (χ1n) is 7.28. The molecule has 1 N–H and O–H groups in total.